The normalized spacial score (nSPS) is 42.0. The van der Waals surface area contributed by atoms with E-state index >= 15 is 0 Å². The summed E-state index contributed by atoms with van der Waals surface area (Å²) in [6.45, 7) is 0. The molecule has 0 heterocycles. The van der Waals surface area contributed by atoms with Gasteiger partial charge in [-0.05, 0) is 67.6 Å². The highest BCUT2D eigenvalue weighted by atomic mass is 19.1. The van der Waals surface area contributed by atoms with Crippen LogP contribution in [0.5, 0.6) is 5.75 Å². The van der Waals surface area contributed by atoms with E-state index in [0.717, 1.165) is 35.5 Å². The number of hydrogen-bond acceptors (Lipinski definition) is 2. The minimum Gasteiger partial charge on any atom is -0.496 e. The first-order valence-corrected chi connectivity index (χ1v) is 7.76. The van der Waals surface area contributed by atoms with Crippen LogP contribution in [0.3, 0.4) is 0 Å². The minimum atomic E-state index is -0.385. The maximum Gasteiger partial charge on any atom is 0.124 e. The molecule has 20 heavy (non-hydrogen) atoms. The van der Waals surface area contributed by atoms with Crippen LogP contribution >= 0.6 is 0 Å². The van der Waals surface area contributed by atoms with Crippen molar-refractivity contribution in [3.63, 3.8) is 0 Å². The Morgan fingerprint density at radius 1 is 1.30 bits per heavy atom. The van der Waals surface area contributed by atoms with Crippen molar-refractivity contribution >= 4 is 0 Å². The van der Waals surface area contributed by atoms with E-state index in [4.69, 9.17) is 10.5 Å². The third kappa shape index (κ3) is 1.53. The van der Waals surface area contributed by atoms with Gasteiger partial charge in [0.15, 0.2) is 0 Å². The molecule has 2 nitrogen and oxygen atoms in total. The lowest BCUT2D eigenvalue weighted by Gasteiger charge is -2.41. The fourth-order valence-electron chi connectivity index (χ4n) is 5.54. The Morgan fingerprint density at radius 2 is 2.10 bits per heavy atom. The molecular formula is C17H22FNO. The predicted molar refractivity (Wildman–Crippen MR) is 75.9 cm³/mol. The van der Waals surface area contributed by atoms with Crippen LogP contribution in [0.15, 0.2) is 18.2 Å². The van der Waals surface area contributed by atoms with Crippen molar-refractivity contribution in [2.75, 3.05) is 7.11 Å². The van der Waals surface area contributed by atoms with Crippen LogP contribution in [0.4, 0.5) is 4.39 Å². The zero-order chi connectivity index (χ0) is 13.9. The quantitative estimate of drug-likeness (QED) is 0.897. The number of hydrogen-bond donors (Lipinski definition) is 1. The molecule has 0 radical (unpaired) electrons. The topological polar surface area (TPSA) is 35.2 Å². The molecule has 5 atom stereocenters. The minimum absolute atomic E-state index is 0.212. The molecule has 0 aliphatic heterocycles. The third-order valence-corrected chi connectivity index (χ3v) is 6.23. The molecule has 4 rings (SSSR count). The first-order chi connectivity index (χ1) is 9.63. The number of rotatable bonds is 2. The van der Waals surface area contributed by atoms with Gasteiger partial charge in [-0.2, -0.15) is 0 Å². The molecule has 3 fully saturated rings. The molecule has 2 bridgehead atoms. The van der Waals surface area contributed by atoms with E-state index in [9.17, 15) is 4.39 Å². The van der Waals surface area contributed by atoms with Gasteiger partial charge in [-0.3, -0.25) is 0 Å². The molecule has 0 saturated heterocycles. The van der Waals surface area contributed by atoms with Crippen molar-refractivity contribution in [3.05, 3.63) is 29.6 Å². The van der Waals surface area contributed by atoms with Crippen LogP contribution < -0.4 is 10.5 Å². The predicted octanol–water partition coefficient (Wildman–Crippen LogP) is 3.44. The Bertz CT molecular complexity index is 546. The summed E-state index contributed by atoms with van der Waals surface area (Å²) >= 11 is 0. The van der Waals surface area contributed by atoms with E-state index < -0.39 is 0 Å². The van der Waals surface area contributed by atoms with Crippen molar-refractivity contribution in [1.82, 2.24) is 0 Å². The van der Waals surface area contributed by atoms with Crippen LogP contribution in [0, 0.1) is 29.5 Å². The lowest BCUT2D eigenvalue weighted by atomic mass is 9.68. The molecule has 5 unspecified atom stereocenters. The summed E-state index contributed by atoms with van der Waals surface area (Å²) < 4.78 is 19.2. The second kappa shape index (κ2) is 4.20. The molecule has 108 valence electrons. The highest BCUT2D eigenvalue weighted by molar-refractivity contribution is 5.42. The van der Waals surface area contributed by atoms with Gasteiger partial charge in [0.25, 0.3) is 0 Å². The Hall–Kier alpha value is -1.09. The van der Waals surface area contributed by atoms with Crippen molar-refractivity contribution < 1.29 is 9.13 Å². The number of benzene rings is 1. The van der Waals surface area contributed by atoms with Gasteiger partial charge in [0.1, 0.15) is 11.6 Å². The van der Waals surface area contributed by atoms with Crippen LogP contribution in [-0.2, 0) is 5.54 Å². The Labute approximate surface area is 119 Å². The summed E-state index contributed by atoms with van der Waals surface area (Å²) in [4.78, 5) is 0. The first kappa shape index (κ1) is 12.6. The Balaban J connectivity index is 1.77. The number of fused-ring (bicyclic) bond motifs is 5. The van der Waals surface area contributed by atoms with Crippen LogP contribution in [0.1, 0.15) is 37.7 Å². The molecule has 2 N–H and O–H groups in total. The van der Waals surface area contributed by atoms with Crippen molar-refractivity contribution in [2.45, 2.75) is 37.6 Å². The smallest absolute Gasteiger partial charge is 0.124 e. The van der Waals surface area contributed by atoms with Crippen LogP contribution in [0.25, 0.3) is 0 Å². The monoisotopic (exact) mass is 275 g/mol. The summed E-state index contributed by atoms with van der Waals surface area (Å²) in [7, 11) is 1.64. The number of halogens is 1. The molecule has 1 aromatic carbocycles. The standard InChI is InChI=1S/C17H22FNO/c1-20-16-6-5-11(18)8-15(16)17(19)9-10-7-14(17)13-4-2-3-12(10)13/h5-6,8,10,12-14H,2-4,7,9,19H2,1H3. The van der Waals surface area contributed by atoms with Gasteiger partial charge in [0, 0.05) is 11.1 Å². The van der Waals surface area contributed by atoms with Gasteiger partial charge in [-0.25, -0.2) is 4.39 Å². The second-order valence-corrected chi connectivity index (χ2v) is 6.95. The van der Waals surface area contributed by atoms with Gasteiger partial charge in [0.2, 0.25) is 0 Å². The van der Waals surface area contributed by atoms with E-state index in [2.05, 4.69) is 0 Å². The fraction of sp³-hybridized carbons (Fsp3) is 0.647. The number of methoxy groups -OCH3 is 1. The van der Waals surface area contributed by atoms with E-state index in [1.807, 2.05) is 0 Å². The molecule has 0 amide bonds. The molecular weight excluding hydrogens is 253 g/mol. The lowest BCUT2D eigenvalue weighted by Crippen LogP contribution is -2.46. The molecule has 0 spiro atoms. The summed E-state index contributed by atoms with van der Waals surface area (Å²) in [5, 5.41) is 0. The van der Waals surface area contributed by atoms with Gasteiger partial charge in [0.05, 0.1) is 7.11 Å². The number of nitrogens with two attached hydrogens (primary N) is 1. The highest BCUT2D eigenvalue weighted by Crippen LogP contribution is 2.65. The van der Waals surface area contributed by atoms with Crippen molar-refractivity contribution in [1.29, 1.82) is 0 Å². The SMILES string of the molecule is COc1ccc(F)cc1C1(N)CC2CC1C1CCCC21. The molecule has 3 heteroatoms. The maximum atomic E-state index is 13.7. The van der Waals surface area contributed by atoms with E-state index in [-0.39, 0.29) is 11.4 Å². The first-order valence-electron chi connectivity index (χ1n) is 7.76. The Kier molecular flexibility index (Phi) is 2.65. The molecule has 0 aromatic heterocycles. The largest absolute Gasteiger partial charge is 0.496 e. The summed E-state index contributed by atoms with van der Waals surface area (Å²) in [6.07, 6.45) is 6.26. The second-order valence-electron chi connectivity index (χ2n) is 6.95. The highest BCUT2D eigenvalue weighted by Gasteiger charge is 2.60. The molecule has 3 aliphatic carbocycles. The molecule has 1 aromatic rings. The lowest BCUT2D eigenvalue weighted by molar-refractivity contribution is 0.153. The number of ether oxygens (including phenoxy) is 1. The van der Waals surface area contributed by atoms with E-state index in [1.165, 1.54) is 31.7 Å². The van der Waals surface area contributed by atoms with Gasteiger partial charge >= 0.3 is 0 Å². The van der Waals surface area contributed by atoms with Crippen molar-refractivity contribution in [3.8, 4) is 5.75 Å². The summed E-state index contributed by atoms with van der Waals surface area (Å²) in [5.41, 5.74) is 7.32. The average molecular weight is 275 g/mol. The van der Waals surface area contributed by atoms with E-state index in [0.29, 0.717) is 5.92 Å². The maximum absolute atomic E-state index is 13.7. The molecule has 3 aliphatic rings. The van der Waals surface area contributed by atoms with Gasteiger partial charge < -0.3 is 10.5 Å². The zero-order valence-corrected chi connectivity index (χ0v) is 11.9. The van der Waals surface area contributed by atoms with E-state index in [1.54, 1.807) is 19.2 Å². The van der Waals surface area contributed by atoms with Gasteiger partial charge in [-0.1, -0.05) is 6.42 Å². The zero-order valence-electron chi connectivity index (χ0n) is 11.9. The third-order valence-electron chi connectivity index (χ3n) is 6.23. The fourth-order valence-corrected chi connectivity index (χ4v) is 5.54. The van der Waals surface area contributed by atoms with Crippen LogP contribution in [-0.4, -0.2) is 7.11 Å². The van der Waals surface area contributed by atoms with Gasteiger partial charge in [-0.15, -0.1) is 0 Å². The Morgan fingerprint density at radius 3 is 2.90 bits per heavy atom. The summed E-state index contributed by atoms with van der Waals surface area (Å²) in [6, 6.07) is 4.78. The average Bonchev–Trinajstić information content (AvgIpc) is 3.09. The summed E-state index contributed by atoms with van der Waals surface area (Å²) in [5.74, 6) is 3.43. The van der Waals surface area contributed by atoms with Crippen LogP contribution in [0.2, 0.25) is 0 Å². The van der Waals surface area contributed by atoms with Crippen molar-refractivity contribution in [2.24, 2.45) is 29.4 Å². The molecule has 3 saturated carbocycles.